The minimum Gasteiger partial charge on any atom is -0.497 e. The monoisotopic (exact) mass is 324 g/mol. The smallest absolute Gasteiger partial charge is 0.127 e. The Labute approximate surface area is 133 Å². The van der Waals surface area contributed by atoms with Gasteiger partial charge in [0.25, 0.3) is 0 Å². The maximum absolute atomic E-state index is 12.8. The molecule has 22 heavy (non-hydrogen) atoms. The summed E-state index contributed by atoms with van der Waals surface area (Å²) in [5.41, 5.74) is 0.911. The van der Waals surface area contributed by atoms with Crippen LogP contribution >= 0.6 is 0 Å². The molecule has 1 aromatic carbocycles. The van der Waals surface area contributed by atoms with Gasteiger partial charge in [-0.05, 0) is 6.07 Å². The molecule has 0 heterocycles. The van der Waals surface area contributed by atoms with Crippen LogP contribution in [0.25, 0.3) is 0 Å². The van der Waals surface area contributed by atoms with Crippen molar-refractivity contribution in [2.75, 3.05) is 33.6 Å². The summed E-state index contributed by atoms with van der Waals surface area (Å²) in [5, 5.41) is 0. The van der Waals surface area contributed by atoms with E-state index < -0.39 is 9.92 Å². The second-order valence-corrected chi connectivity index (χ2v) is 6.95. The largest absolute Gasteiger partial charge is 0.497 e. The van der Waals surface area contributed by atoms with Crippen molar-refractivity contribution >= 4 is 9.92 Å². The van der Waals surface area contributed by atoms with Gasteiger partial charge in [-0.3, -0.25) is 0 Å². The van der Waals surface area contributed by atoms with Crippen molar-refractivity contribution in [3.05, 3.63) is 49.1 Å². The Morgan fingerprint density at radius 2 is 2.00 bits per heavy atom. The Kier molecular flexibility index (Phi) is 7.14. The van der Waals surface area contributed by atoms with Gasteiger partial charge in [0, 0.05) is 31.0 Å². The molecular formula is C16H24N2O3S. The Hall–Kier alpha value is -1.79. The highest BCUT2D eigenvalue weighted by atomic mass is 32.2. The van der Waals surface area contributed by atoms with E-state index in [9.17, 15) is 4.21 Å². The van der Waals surface area contributed by atoms with Gasteiger partial charge in [-0.2, -0.15) is 0 Å². The molecule has 0 fully saturated rings. The van der Waals surface area contributed by atoms with Gasteiger partial charge in [-0.25, -0.2) is 12.9 Å². The zero-order valence-electron chi connectivity index (χ0n) is 13.4. The molecule has 0 amide bonds. The molecule has 1 atom stereocenters. The molecule has 0 bridgehead atoms. The van der Waals surface area contributed by atoms with Crippen molar-refractivity contribution < 1.29 is 13.7 Å². The molecule has 0 aliphatic heterocycles. The van der Waals surface area contributed by atoms with Crippen molar-refractivity contribution in [3.8, 4) is 11.5 Å². The van der Waals surface area contributed by atoms with Crippen molar-refractivity contribution in [2.45, 2.75) is 6.54 Å². The summed E-state index contributed by atoms with van der Waals surface area (Å²) >= 11 is 0. The molecule has 0 radical (unpaired) electrons. The summed E-state index contributed by atoms with van der Waals surface area (Å²) in [4.78, 5) is 0. The van der Waals surface area contributed by atoms with Gasteiger partial charge in [-0.1, -0.05) is 18.2 Å². The molecule has 0 saturated carbocycles. The minimum atomic E-state index is -2.51. The van der Waals surface area contributed by atoms with Crippen molar-refractivity contribution in [1.82, 2.24) is 4.31 Å². The van der Waals surface area contributed by atoms with E-state index in [0.717, 1.165) is 5.56 Å². The van der Waals surface area contributed by atoms with Gasteiger partial charge >= 0.3 is 0 Å². The number of ether oxygens (including phenoxy) is 2. The van der Waals surface area contributed by atoms with E-state index in [2.05, 4.69) is 17.5 Å². The molecule has 0 N–H and O–H groups in total. The third-order valence-electron chi connectivity index (χ3n) is 3.10. The average molecular weight is 324 g/mol. The van der Waals surface area contributed by atoms with Gasteiger partial charge in [0.1, 0.15) is 21.4 Å². The minimum absolute atomic E-state index is 0.350. The lowest BCUT2D eigenvalue weighted by atomic mass is 10.2. The van der Waals surface area contributed by atoms with Crippen LogP contribution in [0.5, 0.6) is 11.5 Å². The van der Waals surface area contributed by atoms with Crippen molar-refractivity contribution in [1.29, 1.82) is 0 Å². The Bertz CT molecular complexity index is 634. The predicted octanol–water partition coefficient (Wildman–Crippen LogP) is 2.89. The first-order valence-electron chi connectivity index (χ1n) is 6.84. The molecule has 1 aromatic rings. The molecule has 0 aromatic heterocycles. The summed E-state index contributed by atoms with van der Waals surface area (Å²) in [6.45, 7) is 8.59. The average Bonchev–Trinajstić information content (AvgIpc) is 2.52. The summed E-state index contributed by atoms with van der Waals surface area (Å²) in [7, 11) is 0.695. The van der Waals surface area contributed by atoms with E-state index in [1.54, 1.807) is 43.0 Å². The highest BCUT2D eigenvalue weighted by Crippen LogP contribution is 2.26. The number of methoxy groups -OCH3 is 2. The maximum atomic E-state index is 12.8. The lowest BCUT2D eigenvalue weighted by Gasteiger charge is -2.23. The molecule has 0 aliphatic carbocycles. The third-order valence-corrected chi connectivity index (χ3v) is 4.96. The van der Waals surface area contributed by atoms with Crippen molar-refractivity contribution in [2.24, 2.45) is 4.36 Å². The molecule has 0 unspecified atom stereocenters. The lowest BCUT2D eigenvalue weighted by molar-refractivity contribution is 0.383. The van der Waals surface area contributed by atoms with Crippen LogP contribution in [0, 0.1) is 0 Å². The quantitative estimate of drug-likeness (QED) is 0.656. The molecule has 0 spiro atoms. The van der Waals surface area contributed by atoms with Crippen LogP contribution in [-0.2, 0) is 16.5 Å². The number of benzene rings is 1. The van der Waals surface area contributed by atoms with Gasteiger partial charge < -0.3 is 9.47 Å². The SMILES string of the molecule is C=CCN=[S@](C)(=O)N(CC=C)Cc1ccc(OC)cc1OC. The molecule has 122 valence electrons. The molecule has 5 nitrogen and oxygen atoms in total. The molecule has 6 heteroatoms. The van der Waals surface area contributed by atoms with Crippen LogP contribution < -0.4 is 9.47 Å². The van der Waals surface area contributed by atoms with Gasteiger partial charge in [0.05, 0.1) is 20.8 Å². The second kappa shape index (κ2) is 8.60. The van der Waals surface area contributed by atoms with Crippen LogP contribution in [0.15, 0.2) is 47.9 Å². The normalized spacial score (nSPS) is 13.3. The fraction of sp³-hybridized carbons (Fsp3) is 0.375. The predicted molar refractivity (Wildman–Crippen MR) is 91.7 cm³/mol. The first-order valence-corrected chi connectivity index (χ1v) is 8.72. The molecule has 1 rings (SSSR count). The Morgan fingerprint density at radius 1 is 1.27 bits per heavy atom. The first-order chi connectivity index (χ1) is 10.5. The van der Waals surface area contributed by atoms with Gasteiger partial charge in [0.15, 0.2) is 0 Å². The Morgan fingerprint density at radius 3 is 2.55 bits per heavy atom. The number of hydrogen-bond donors (Lipinski definition) is 0. The fourth-order valence-electron chi connectivity index (χ4n) is 1.91. The van der Waals surface area contributed by atoms with E-state index in [-0.39, 0.29) is 0 Å². The van der Waals surface area contributed by atoms with E-state index in [1.165, 1.54) is 0 Å². The zero-order valence-corrected chi connectivity index (χ0v) is 14.3. The topological polar surface area (TPSA) is 51.1 Å². The Balaban J connectivity index is 3.13. The number of hydrogen-bond acceptors (Lipinski definition) is 4. The standard InChI is InChI=1S/C16H24N2O3S/c1-6-10-17-22(5,19)18(11-7-2)13-14-8-9-15(20-3)12-16(14)21-4/h6-9,12H,1-2,10-11,13H2,3-5H3/t22-/m0/s1. The van der Waals surface area contributed by atoms with Gasteiger partial charge in [0.2, 0.25) is 0 Å². The summed E-state index contributed by atoms with van der Waals surface area (Å²) in [5.74, 6) is 1.40. The number of rotatable bonds is 9. The van der Waals surface area contributed by atoms with Gasteiger partial charge in [-0.15, -0.1) is 13.2 Å². The van der Waals surface area contributed by atoms with Crippen LogP contribution in [0.1, 0.15) is 5.56 Å². The molecular weight excluding hydrogens is 300 g/mol. The van der Waals surface area contributed by atoms with E-state index in [1.807, 2.05) is 12.1 Å². The van der Waals surface area contributed by atoms with E-state index in [4.69, 9.17) is 9.47 Å². The lowest BCUT2D eigenvalue weighted by Crippen LogP contribution is -2.30. The number of nitrogens with zero attached hydrogens (tertiary/aromatic N) is 2. The second-order valence-electron chi connectivity index (χ2n) is 4.65. The van der Waals surface area contributed by atoms with Crippen molar-refractivity contribution in [3.63, 3.8) is 0 Å². The maximum Gasteiger partial charge on any atom is 0.127 e. The zero-order chi connectivity index (χ0) is 16.6. The highest BCUT2D eigenvalue weighted by molar-refractivity contribution is 7.90. The van der Waals surface area contributed by atoms with Crippen LogP contribution in [0.4, 0.5) is 0 Å². The summed E-state index contributed by atoms with van der Waals surface area (Å²) < 4.78 is 29.3. The van der Waals surface area contributed by atoms with Crippen LogP contribution in [0.2, 0.25) is 0 Å². The van der Waals surface area contributed by atoms with E-state index in [0.29, 0.717) is 31.1 Å². The highest BCUT2D eigenvalue weighted by Gasteiger charge is 2.16. The third kappa shape index (κ3) is 4.89. The molecule has 0 saturated heterocycles. The molecule has 0 aliphatic rings. The van der Waals surface area contributed by atoms with E-state index >= 15 is 0 Å². The van der Waals surface area contributed by atoms with Crippen LogP contribution in [0.3, 0.4) is 0 Å². The summed E-state index contributed by atoms with van der Waals surface area (Å²) in [6.07, 6.45) is 4.96. The summed E-state index contributed by atoms with van der Waals surface area (Å²) in [6, 6.07) is 5.55. The first kappa shape index (κ1) is 18.3. The van der Waals surface area contributed by atoms with Crippen LogP contribution in [-0.4, -0.2) is 42.1 Å². The fourth-order valence-corrected chi connectivity index (χ4v) is 3.22.